The number of alkyl halides is 1. The number of benzene rings is 1. The van der Waals surface area contributed by atoms with Gasteiger partial charge in [0.25, 0.3) is 0 Å². The van der Waals surface area contributed by atoms with Gasteiger partial charge in [-0.25, -0.2) is 0 Å². The minimum absolute atomic E-state index is 0.294. The molecule has 2 atom stereocenters. The van der Waals surface area contributed by atoms with E-state index in [1.807, 2.05) is 4.90 Å². The van der Waals surface area contributed by atoms with Gasteiger partial charge in [0.15, 0.2) is 0 Å². The lowest BCUT2D eigenvalue weighted by molar-refractivity contribution is -0.128. The molecule has 1 aromatic rings. The molecule has 0 aliphatic carbocycles. The van der Waals surface area contributed by atoms with Crippen LogP contribution in [0.4, 0.5) is 0 Å². The van der Waals surface area contributed by atoms with E-state index in [0.717, 1.165) is 32.7 Å². The predicted molar refractivity (Wildman–Crippen MR) is 85.2 cm³/mol. The summed E-state index contributed by atoms with van der Waals surface area (Å²) >= 11 is 5.88. The molecular formula is C17H23ClN2O. The fourth-order valence-corrected chi connectivity index (χ4v) is 3.70. The highest BCUT2D eigenvalue weighted by atomic mass is 35.5. The minimum Gasteiger partial charge on any atom is -0.342 e. The Bertz CT molecular complexity index is 479. The second-order valence-electron chi connectivity index (χ2n) is 6.40. The third kappa shape index (κ3) is 3.78. The standard InChI is InChI=1S/C17H23ClN2O/c18-9-16-8-17(21)20(13-16)12-15-6-7-19(11-15)10-14-4-2-1-3-5-14/h1-5,15-16H,6-13H2. The van der Waals surface area contributed by atoms with Crippen LogP contribution in [0.3, 0.4) is 0 Å². The van der Waals surface area contributed by atoms with Crippen molar-refractivity contribution in [3.8, 4) is 0 Å². The molecule has 4 heteroatoms. The third-order valence-electron chi connectivity index (χ3n) is 4.61. The highest BCUT2D eigenvalue weighted by Crippen LogP contribution is 2.24. The van der Waals surface area contributed by atoms with Crippen molar-refractivity contribution in [1.82, 2.24) is 9.80 Å². The molecule has 0 spiro atoms. The van der Waals surface area contributed by atoms with Crippen molar-refractivity contribution in [3.63, 3.8) is 0 Å². The van der Waals surface area contributed by atoms with Crippen molar-refractivity contribution < 1.29 is 4.79 Å². The molecule has 0 saturated carbocycles. The number of carbonyl (C=O) groups excluding carboxylic acids is 1. The van der Waals surface area contributed by atoms with Crippen molar-refractivity contribution in [1.29, 1.82) is 0 Å². The Morgan fingerprint density at radius 1 is 1.14 bits per heavy atom. The Morgan fingerprint density at radius 3 is 2.67 bits per heavy atom. The van der Waals surface area contributed by atoms with Gasteiger partial charge < -0.3 is 4.90 Å². The van der Waals surface area contributed by atoms with Crippen LogP contribution in [-0.4, -0.2) is 47.8 Å². The second kappa shape index (κ2) is 6.80. The summed E-state index contributed by atoms with van der Waals surface area (Å²) in [5, 5.41) is 0. The maximum atomic E-state index is 12.0. The Morgan fingerprint density at radius 2 is 1.95 bits per heavy atom. The molecular weight excluding hydrogens is 284 g/mol. The van der Waals surface area contributed by atoms with Crippen LogP contribution in [0.15, 0.2) is 30.3 Å². The molecule has 21 heavy (non-hydrogen) atoms. The molecule has 3 rings (SSSR count). The number of amides is 1. The quantitative estimate of drug-likeness (QED) is 0.781. The van der Waals surface area contributed by atoms with Gasteiger partial charge in [0.2, 0.25) is 5.91 Å². The molecule has 2 aliphatic heterocycles. The average molecular weight is 307 g/mol. The van der Waals surface area contributed by atoms with Crippen LogP contribution in [0.2, 0.25) is 0 Å². The monoisotopic (exact) mass is 306 g/mol. The van der Waals surface area contributed by atoms with Crippen LogP contribution in [-0.2, 0) is 11.3 Å². The summed E-state index contributed by atoms with van der Waals surface area (Å²) in [6, 6.07) is 10.6. The summed E-state index contributed by atoms with van der Waals surface area (Å²) < 4.78 is 0. The van der Waals surface area contributed by atoms with Crippen molar-refractivity contribution in [3.05, 3.63) is 35.9 Å². The van der Waals surface area contributed by atoms with Crippen molar-refractivity contribution in [2.45, 2.75) is 19.4 Å². The topological polar surface area (TPSA) is 23.6 Å². The van der Waals surface area contributed by atoms with Crippen LogP contribution in [0.1, 0.15) is 18.4 Å². The second-order valence-corrected chi connectivity index (χ2v) is 6.71. The molecule has 2 heterocycles. The van der Waals surface area contributed by atoms with E-state index in [1.165, 1.54) is 12.0 Å². The van der Waals surface area contributed by atoms with E-state index in [2.05, 4.69) is 35.2 Å². The lowest BCUT2D eigenvalue weighted by Crippen LogP contribution is -2.32. The number of carbonyl (C=O) groups is 1. The average Bonchev–Trinajstić information content (AvgIpc) is 3.08. The van der Waals surface area contributed by atoms with E-state index in [4.69, 9.17) is 11.6 Å². The molecule has 1 aromatic carbocycles. The van der Waals surface area contributed by atoms with Gasteiger partial charge in [-0.3, -0.25) is 9.69 Å². The van der Waals surface area contributed by atoms with Crippen molar-refractivity contribution in [2.24, 2.45) is 11.8 Å². The summed E-state index contributed by atoms with van der Waals surface area (Å²) in [6.45, 7) is 5.04. The largest absolute Gasteiger partial charge is 0.342 e. The van der Waals surface area contributed by atoms with E-state index in [-0.39, 0.29) is 0 Å². The van der Waals surface area contributed by atoms with Gasteiger partial charge in [0, 0.05) is 38.5 Å². The van der Waals surface area contributed by atoms with E-state index in [1.54, 1.807) is 0 Å². The van der Waals surface area contributed by atoms with Crippen LogP contribution in [0.25, 0.3) is 0 Å². The molecule has 1 amide bonds. The van der Waals surface area contributed by atoms with E-state index < -0.39 is 0 Å². The molecule has 2 saturated heterocycles. The summed E-state index contributed by atoms with van der Waals surface area (Å²) in [6.07, 6.45) is 1.84. The normalized spacial score (nSPS) is 26.7. The van der Waals surface area contributed by atoms with Crippen LogP contribution >= 0.6 is 11.6 Å². The predicted octanol–water partition coefficient (Wildman–Crippen LogP) is 2.60. The first-order chi connectivity index (χ1) is 10.2. The zero-order valence-electron chi connectivity index (χ0n) is 12.4. The zero-order chi connectivity index (χ0) is 14.7. The molecule has 0 aromatic heterocycles. The first-order valence-electron chi connectivity index (χ1n) is 7.84. The third-order valence-corrected chi connectivity index (χ3v) is 5.05. The highest BCUT2D eigenvalue weighted by molar-refractivity contribution is 6.18. The SMILES string of the molecule is O=C1CC(CCl)CN1CC1CCN(Cc2ccccc2)C1. The van der Waals surface area contributed by atoms with Crippen LogP contribution in [0.5, 0.6) is 0 Å². The molecule has 3 nitrogen and oxygen atoms in total. The summed E-state index contributed by atoms with van der Waals surface area (Å²) in [7, 11) is 0. The molecule has 2 fully saturated rings. The molecule has 0 bridgehead atoms. The van der Waals surface area contributed by atoms with Gasteiger partial charge in [-0.2, -0.15) is 0 Å². The Labute approximate surface area is 131 Å². The van der Waals surface area contributed by atoms with Crippen LogP contribution < -0.4 is 0 Å². The number of likely N-dealkylation sites (tertiary alicyclic amines) is 2. The Kier molecular flexibility index (Phi) is 4.81. The number of halogens is 1. The van der Waals surface area contributed by atoms with Gasteiger partial charge in [0.1, 0.15) is 0 Å². The fourth-order valence-electron chi connectivity index (χ4n) is 3.49. The zero-order valence-corrected chi connectivity index (χ0v) is 13.1. The smallest absolute Gasteiger partial charge is 0.222 e. The molecule has 2 aliphatic rings. The number of hydrogen-bond donors (Lipinski definition) is 0. The number of hydrogen-bond acceptors (Lipinski definition) is 2. The lowest BCUT2D eigenvalue weighted by atomic mass is 10.1. The summed E-state index contributed by atoms with van der Waals surface area (Å²) in [5.74, 6) is 1.88. The molecule has 2 unspecified atom stereocenters. The van der Waals surface area contributed by atoms with Gasteiger partial charge in [-0.15, -0.1) is 11.6 Å². The maximum Gasteiger partial charge on any atom is 0.222 e. The number of nitrogens with zero attached hydrogens (tertiary/aromatic N) is 2. The summed E-state index contributed by atoms with van der Waals surface area (Å²) in [4.78, 5) is 16.5. The number of rotatable bonds is 5. The van der Waals surface area contributed by atoms with Crippen molar-refractivity contribution in [2.75, 3.05) is 32.1 Å². The van der Waals surface area contributed by atoms with Gasteiger partial charge in [-0.05, 0) is 30.4 Å². The molecule has 0 N–H and O–H groups in total. The van der Waals surface area contributed by atoms with E-state index in [0.29, 0.717) is 30.0 Å². The van der Waals surface area contributed by atoms with Crippen molar-refractivity contribution >= 4 is 17.5 Å². The van der Waals surface area contributed by atoms with Gasteiger partial charge in [0.05, 0.1) is 0 Å². The fraction of sp³-hybridized carbons (Fsp3) is 0.588. The minimum atomic E-state index is 0.294. The maximum absolute atomic E-state index is 12.0. The van der Waals surface area contributed by atoms with E-state index >= 15 is 0 Å². The van der Waals surface area contributed by atoms with Gasteiger partial charge in [-0.1, -0.05) is 30.3 Å². The van der Waals surface area contributed by atoms with Crippen LogP contribution in [0, 0.1) is 11.8 Å². The Balaban J connectivity index is 1.48. The van der Waals surface area contributed by atoms with Gasteiger partial charge >= 0.3 is 0 Å². The first kappa shape index (κ1) is 14.9. The summed E-state index contributed by atoms with van der Waals surface area (Å²) in [5.41, 5.74) is 1.37. The first-order valence-corrected chi connectivity index (χ1v) is 8.38. The molecule has 114 valence electrons. The van der Waals surface area contributed by atoms with E-state index in [9.17, 15) is 4.79 Å². The molecule has 0 radical (unpaired) electrons. The highest BCUT2D eigenvalue weighted by Gasteiger charge is 2.32. The Hall–Kier alpha value is -1.06. The lowest BCUT2D eigenvalue weighted by Gasteiger charge is -2.21.